The summed E-state index contributed by atoms with van der Waals surface area (Å²) in [7, 11) is 1.77. The van der Waals surface area contributed by atoms with Gasteiger partial charge in [0.15, 0.2) is 5.13 Å². The number of amides is 1. The molecule has 3 aromatic heterocycles. The van der Waals surface area contributed by atoms with Gasteiger partial charge in [-0.3, -0.25) is 15.1 Å². The van der Waals surface area contributed by atoms with Gasteiger partial charge >= 0.3 is 0 Å². The Morgan fingerprint density at radius 1 is 1.36 bits per heavy atom. The first kappa shape index (κ1) is 14.6. The summed E-state index contributed by atoms with van der Waals surface area (Å²) in [6.07, 6.45) is 3.46. The molecular weight excluding hydrogens is 318 g/mol. The molecule has 2 N–H and O–H groups in total. The van der Waals surface area contributed by atoms with Crippen molar-refractivity contribution in [1.82, 2.24) is 14.3 Å². The fraction of sp³-hybridized carbons (Fsp3) is 0.143. The largest absolute Gasteiger partial charge is 0.378 e. The molecule has 1 amide bonds. The number of pyridine rings is 1. The molecule has 0 bridgehead atoms. The number of aryl methyl sites for hydroxylation is 1. The molecule has 3 heterocycles. The molecule has 0 spiro atoms. The highest BCUT2D eigenvalue weighted by Crippen LogP contribution is 2.27. The highest BCUT2D eigenvalue weighted by Gasteiger charge is 2.19. The summed E-state index contributed by atoms with van der Waals surface area (Å²) in [5.41, 5.74) is 2.98. The highest BCUT2D eigenvalue weighted by molar-refractivity contribution is 7.14. The van der Waals surface area contributed by atoms with Gasteiger partial charge in [-0.25, -0.2) is 4.98 Å². The van der Waals surface area contributed by atoms with Crippen LogP contribution in [-0.2, 0) is 0 Å². The number of carbonyl (C=O) groups is 1. The van der Waals surface area contributed by atoms with Crippen molar-refractivity contribution in [2.75, 3.05) is 17.7 Å². The van der Waals surface area contributed by atoms with E-state index < -0.39 is 0 Å². The Morgan fingerprint density at radius 3 is 2.95 bits per heavy atom. The second-order valence-corrected chi connectivity index (χ2v) is 6.09. The van der Waals surface area contributed by atoms with Crippen LogP contribution < -0.4 is 10.6 Å². The third-order valence-electron chi connectivity index (χ3n) is 3.00. The van der Waals surface area contributed by atoms with Crippen LogP contribution in [0.3, 0.4) is 0 Å². The zero-order valence-corrected chi connectivity index (χ0v) is 13.6. The predicted octanol–water partition coefficient (Wildman–Crippen LogP) is 3.26. The minimum absolute atomic E-state index is 0.206. The lowest BCUT2D eigenvalue weighted by atomic mass is 10.2. The molecule has 0 aromatic carbocycles. The number of aromatic nitrogens is 3. The molecule has 0 saturated heterocycles. The van der Waals surface area contributed by atoms with Crippen molar-refractivity contribution in [2.24, 2.45) is 0 Å². The summed E-state index contributed by atoms with van der Waals surface area (Å²) >= 11 is 2.65. The Bertz CT molecular complexity index is 797. The quantitative estimate of drug-likeness (QED) is 0.767. The number of rotatable bonds is 4. The summed E-state index contributed by atoms with van der Waals surface area (Å²) in [6, 6.07) is 3.78. The number of thiazole rings is 1. The number of nitrogens with one attached hydrogen (secondary N) is 2. The molecule has 3 rings (SSSR count). The molecule has 0 saturated carbocycles. The molecule has 0 radical (unpaired) electrons. The van der Waals surface area contributed by atoms with Gasteiger partial charge < -0.3 is 5.32 Å². The second-order valence-electron chi connectivity index (χ2n) is 4.46. The van der Waals surface area contributed by atoms with E-state index in [2.05, 4.69) is 25.0 Å². The summed E-state index contributed by atoms with van der Waals surface area (Å²) in [6.45, 7) is 1.81. The molecule has 0 aliphatic rings. The van der Waals surface area contributed by atoms with Gasteiger partial charge in [0.05, 0.1) is 17.0 Å². The van der Waals surface area contributed by atoms with Crippen LogP contribution in [0, 0.1) is 6.92 Å². The fourth-order valence-corrected chi connectivity index (χ4v) is 3.40. The molecule has 0 aliphatic carbocycles. The van der Waals surface area contributed by atoms with Crippen LogP contribution in [0.15, 0.2) is 29.9 Å². The molecule has 0 fully saturated rings. The van der Waals surface area contributed by atoms with Gasteiger partial charge in [-0.1, -0.05) is 0 Å². The van der Waals surface area contributed by atoms with Crippen molar-refractivity contribution in [2.45, 2.75) is 6.92 Å². The summed E-state index contributed by atoms with van der Waals surface area (Å²) in [4.78, 5) is 20.9. The number of nitrogens with zero attached hydrogens (tertiary/aromatic N) is 3. The van der Waals surface area contributed by atoms with E-state index in [1.807, 2.05) is 24.4 Å². The van der Waals surface area contributed by atoms with Crippen LogP contribution in [0.5, 0.6) is 0 Å². The maximum absolute atomic E-state index is 12.4. The zero-order valence-electron chi connectivity index (χ0n) is 12.0. The Labute approximate surface area is 135 Å². The monoisotopic (exact) mass is 331 g/mol. The number of hydrogen-bond donors (Lipinski definition) is 2. The molecule has 3 aromatic rings. The summed E-state index contributed by atoms with van der Waals surface area (Å²) < 4.78 is 4.20. The first-order valence-electron chi connectivity index (χ1n) is 6.50. The average molecular weight is 331 g/mol. The Kier molecular flexibility index (Phi) is 4.12. The van der Waals surface area contributed by atoms with Crippen LogP contribution in [0.25, 0.3) is 11.3 Å². The molecule has 8 heteroatoms. The van der Waals surface area contributed by atoms with Crippen LogP contribution in [0.1, 0.15) is 16.1 Å². The van der Waals surface area contributed by atoms with Gasteiger partial charge in [0.1, 0.15) is 5.00 Å². The van der Waals surface area contributed by atoms with Crippen LogP contribution in [0.4, 0.5) is 10.1 Å². The molecule has 0 atom stereocenters. The first-order chi connectivity index (χ1) is 10.7. The van der Waals surface area contributed by atoms with E-state index in [0.29, 0.717) is 16.4 Å². The van der Waals surface area contributed by atoms with Gasteiger partial charge in [-0.15, -0.1) is 11.3 Å². The lowest BCUT2D eigenvalue weighted by Gasteiger charge is -2.03. The standard InChI is InChI=1S/C14H13N5OS2/c1-8-11(13(15-2)22-19-8)12(20)18-14-17-10(7-21-14)9-4-3-5-16-6-9/h3-7,15H,1-2H3,(H,17,18,20). The normalized spacial score (nSPS) is 10.5. The minimum atomic E-state index is -0.206. The van der Waals surface area contributed by atoms with Crippen molar-refractivity contribution in [1.29, 1.82) is 0 Å². The SMILES string of the molecule is CNc1snc(C)c1C(=O)Nc1nc(-c2cccnc2)cs1. The molecule has 22 heavy (non-hydrogen) atoms. The summed E-state index contributed by atoms with van der Waals surface area (Å²) in [5, 5.41) is 9.00. The molecular formula is C14H13N5OS2. The summed E-state index contributed by atoms with van der Waals surface area (Å²) in [5.74, 6) is -0.206. The maximum Gasteiger partial charge on any atom is 0.262 e. The first-order valence-corrected chi connectivity index (χ1v) is 8.15. The maximum atomic E-state index is 12.4. The van der Waals surface area contributed by atoms with Crippen molar-refractivity contribution in [3.05, 3.63) is 41.2 Å². The Balaban J connectivity index is 1.81. The Morgan fingerprint density at radius 2 is 2.23 bits per heavy atom. The van der Waals surface area contributed by atoms with Gasteiger partial charge in [0, 0.05) is 30.4 Å². The van der Waals surface area contributed by atoms with Gasteiger partial charge in [0.2, 0.25) is 0 Å². The van der Waals surface area contributed by atoms with E-state index in [1.165, 1.54) is 22.9 Å². The van der Waals surface area contributed by atoms with E-state index >= 15 is 0 Å². The molecule has 0 aliphatic heterocycles. The molecule has 6 nitrogen and oxygen atoms in total. The zero-order chi connectivity index (χ0) is 15.5. The van der Waals surface area contributed by atoms with Crippen molar-refractivity contribution >= 4 is 38.9 Å². The van der Waals surface area contributed by atoms with Gasteiger partial charge in [-0.2, -0.15) is 4.37 Å². The second kappa shape index (κ2) is 6.20. The van der Waals surface area contributed by atoms with Crippen molar-refractivity contribution in [3.63, 3.8) is 0 Å². The van der Waals surface area contributed by atoms with Gasteiger partial charge in [0.25, 0.3) is 5.91 Å². The number of anilines is 2. The smallest absolute Gasteiger partial charge is 0.262 e. The number of carbonyl (C=O) groups excluding carboxylic acids is 1. The van der Waals surface area contributed by atoms with E-state index in [-0.39, 0.29) is 5.91 Å². The topological polar surface area (TPSA) is 79.8 Å². The van der Waals surface area contributed by atoms with E-state index in [9.17, 15) is 4.79 Å². The molecule has 0 unspecified atom stereocenters. The fourth-order valence-electron chi connectivity index (χ4n) is 1.95. The van der Waals surface area contributed by atoms with Crippen molar-refractivity contribution < 1.29 is 4.79 Å². The van der Waals surface area contributed by atoms with Crippen LogP contribution >= 0.6 is 22.9 Å². The van der Waals surface area contributed by atoms with Crippen LogP contribution in [0.2, 0.25) is 0 Å². The highest BCUT2D eigenvalue weighted by atomic mass is 32.1. The van der Waals surface area contributed by atoms with E-state index in [0.717, 1.165) is 16.3 Å². The van der Waals surface area contributed by atoms with Crippen LogP contribution in [-0.4, -0.2) is 27.3 Å². The van der Waals surface area contributed by atoms with E-state index in [1.54, 1.807) is 19.4 Å². The minimum Gasteiger partial charge on any atom is -0.378 e. The van der Waals surface area contributed by atoms with Crippen molar-refractivity contribution in [3.8, 4) is 11.3 Å². The lowest BCUT2D eigenvalue weighted by Crippen LogP contribution is -2.13. The average Bonchev–Trinajstić information content (AvgIpc) is 3.14. The lowest BCUT2D eigenvalue weighted by molar-refractivity contribution is 0.102. The van der Waals surface area contributed by atoms with Gasteiger partial charge in [-0.05, 0) is 30.6 Å². The third kappa shape index (κ3) is 2.83. The molecule has 112 valence electrons. The third-order valence-corrected chi connectivity index (χ3v) is 4.71. The van der Waals surface area contributed by atoms with E-state index in [4.69, 9.17) is 0 Å². The Hall–Kier alpha value is -2.32. The predicted molar refractivity (Wildman–Crippen MR) is 89.7 cm³/mol. The number of hydrogen-bond acceptors (Lipinski definition) is 7.